The first-order valence-electron chi connectivity index (χ1n) is 10.7. The van der Waals surface area contributed by atoms with Gasteiger partial charge in [0.2, 0.25) is 5.91 Å². The number of guanidine groups is 1. The van der Waals surface area contributed by atoms with Gasteiger partial charge >= 0.3 is 0 Å². The van der Waals surface area contributed by atoms with E-state index in [-0.39, 0.29) is 12.5 Å². The van der Waals surface area contributed by atoms with Crippen molar-refractivity contribution in [2.45, 2.75) is 26.8 Å². The highest BCUT2D eigenvalue weighted by atomic mass is 16.5. The highest BCUT2D eigenvalue weighted by Gasteiger charge is 2.17. The summed E-state index contributed by atoms with van der Waals surface area (Å²) >= 11 is 0. The minimum atomic E-state index is -0.170. The number of aromatic nitrogens is 1. The number of nitrogens with one attached hydrogen (secondary N) is 3. The fraction of sp³-hybridized carbons (Fsp3) is 0.435. The largest absolute Gasteiger partial charge is 0.493 e. The molecule has 1 amide bonds. The highest BCUT2D eigenvalue weighted by Crippen LogP contribution is 2.23. The normalized spacial score (nSPS) is 16.1. The van der Waals surface area contributed by atoms with E-state index < -0.39 is 0 Å². The van der Waals surface area contributed by atoms with Crippen LogP contribution in [0.25, 0.3) is 0 Å². The second-order valence-corrected chi connectivity index (χ2v) is 7.49. The van der Waals surface area contributed by atoms with Crippen LogP contribution in [0.3, 0.4) is 0 Å². The topological polar surface area (TPSA) is 96.9 Å². The Morgan fingerprint density at radius 2 is 2.23 bits per heavy atom. The number of aliphatic imine (C=N–C) groups is 1. The first-order valence-corrected chi connectivity index (χ1v) is 10.7. The van der Waals surface area contributed by atoms with Crippen molar-refractivity contribution in [2.75, 3.05) is 38.2 Å². The number of ether oxygens (including phenoxy) is 2. The van der Waals surface area contributed by atoms with Crippen LogP contribution in [-0.2, 0) is 16.1 Å². The maximum Gasteiger partial charge on any atom is 0.243 e. The van der Waals surface area contributed by atoms with E-state index in [0.717, 1.165) is 36.5 Å². The molecule has 1 aromatic heterocycles. The zero-order valence-electron chi connectivity index (χ0n) is 18.2. The zero-order valence-corrected chi connectivity index (χ0v) is 18.2. The van der Waals surface area contributed by atoms with Crippen LogP contribution in [0.2, 0.25) is 0 Å². The number of anilines is 1. The van der Waals surface area contributed by atoms with Gasteiger partial charge < -0.3 is 25.4 Å². The molecule has 8 nitrogen and oxygen atoms in total. The summed E-state index contributed by atoms with van der Waals surface area (Å²) in [4.78, 5) is 20.8. The van der Waals surface area contributed by atoms with Crippen LogP contribution in [0.4, 0.5) is 5.69 Å². The molecule has 2 heterocycles. The van der Waals surface area contributed by atoms with Crippen LogP contribution in [0.5, 0.6) is 5.75 Å². The van der Waals surface area contributed by atoms with E-state index in [0.29, 0.717) is 37.3 Å². The van der Waals surface area contributed by atoms with E-state index in [1.54, 1.807) is 24.5 Å². The summed E-state index contributed by atoms with van der Waals surface area (Å²) in [6, 6.07) is 9.70. The number of benzene rings is 1. The van der Waals surface area contributed by atoms with Crippen LogP contribution in [0.1, 0.15) is 24.5 Å². The Morgan fingerprint density at radius 3 is 2.97 bits per heavy atom. The molecule has 166 valence electrons. The van der Waals surface area contributed by atoms with Crippen molar-refractivity contribution in [3.05, 3.63) is 53.9 Å². The average molecular weight is 426 g/mol. The number of aryl methyl sites for hydroxylation is 1. The van der Waals surface area contributed by atoms with Gasteiger partial charge in [0.25, 0.3) is 0 Å². The van der Waals surface area contributed by atoms with E-state index in [1.807, 2.05) is 26.0 Å². The molecule has 1 aromatic carbocycles. The van der Waals surface area contributed by atoms with Crippen molar-refractivity contribution in [3.8, 4) is 5.75 Å². The second kappa shape index (κ2) is 11.9. The third-order valence-electron chi connectivity index (χ3n) is 4.83. The second-order valence-electron chi connectivity index (χ2n) is 7.49. The van der Waals surface area contributed by atoms with Crippen LogP contribution in [0.15, 0.2) is 47.7 Å². The Labute approximate surface area is 183 Å². The van der Waals surface area contributed by atoms with Gasteiger partial charge in [-0.05, 0) is 44.0 Å². The van der Waals surface area contributed by atoms with E-state index in [1.165, 1.54) is 0 Å². The molecule has 1 fully saturated rings. The highest BCUT2D eigenvalue weighted by molar-refractivity contribution is 5.94. The summed E-state index contributed by atoms with van der Waals surface area (Å²) < 4.78 is 11.5. The van der Waals surface area contributed by atoms with Crippen LogP contribution < -0.4 is 20.7 Å². The number of carbonyl (C=O) groups excluding carboxylic acids is 1. The van der Waals surface area contributed by atoms with Crippen LogP contribution >= 0.6 is 0 Å². The third kappa shape index (κ3) is 7.57. The predicted molar refractivity (Wildman–Crippen MR) is 121 cm³/mol. The molecule has 1 saturated heterocycles. The number of hydrogen-bond donors (Lipinski definition) is 3. The summed E-state index contributed by atoms with van der Waals surface area (Å²) in [5.41, 5.74) is 2.80. The third-order valence-corrected chi connectivity index (χ3v) is 4.83. The molecule has 1 aliphatic heterocycles. The molecule has 31 heavy (non-hydrogen) atoms. The minimum Gasteiger partial charge on any atom is -0.493 e. The van der Waals surface area contributed by atoms with Gasteiger partial charge in [-0.3, -0.25) is 9.78 Å². The summed E-state index contributed by atoms with van der Waals surface area (Å²) in [5.74, 6) is 1.69. The molecule has 1 unspecified atom stereocenters. The lowest BCUT2D eigenvalue weighted by Crippen LogP contribution is -2.41. The van der Waals surface area contributed by atoms with Crippen LogP contribution in [0, 0.1) is 12.8 Å². The summed E-state index contributed by atoms with van der Waals surface area (Å²) in [6.07, 6.45) is 4.30. The number of rotatable bonds is 9. The first kappa shape index (κ1) is 22.6. The lowest BCUT2D eigenvalue weighted by atomic mass is 10.1. The van der Waals surface area contributed by atoms with Crippen molar-refractivity contribution in [2.24, 2.45) is 10.9 Å². The van der Waals surface area contributed by atoms with Crippen molar-refractivity contribution < 1.29 is 14.3 Å². The molecule has 0 bridgehead atoms. The zero-order chi connectivity index (χ0) is 21.9. The molecule has 0 spiro atoms. The van der Waals surface area contributed by atoms with Crippen molar-refractivity contribution in [1.29, 1.82) is 0 Å². The molecular weight excluding hydrogens is 394 g/mol. The Balaban J connectivity index is 1.58. The Hall–Kier alpha value is -3.13. The van der Waals surface area contributed by atoms with E-state index in [2.05, 4.69) is 32.0 Å². The lowest BCUT2D eigenvalue weighted by molar-refractivity contribution is -0.115. The standard InChI is InChI=1S/C23H31N5O3/c1-3-25-23(27-14-22(29)28-20-5-4-9-24-13-20)26-12-19-7-6-17(2)11-21(19)31-16-18-8-10-30-15-18/h4-7,9,11,13,18H,3,8,10,12,14-16H2,1-2H3,(H,28,29)(H2,25,26,27). The van der Waals surface area contributed by atoms with Crippen molar-refractivity contribution in [1.82, 2.24) is 15.6 Å². The van der Waals surface area contributed by atoms with Gasteiger partial charge in [-0.1, -0.05) is 12.1 Å². The summed E-state index contributed by atoms with van der Waals surface area (Å²) in [5, 5.41) is 9.03. The van der Waals surface area contributed by atoms with Gasteiger partial charge in [-0.2, -0.15) is 0 Å². The molecule has 1 atom stereocenters. The smallest absolute Gasteiger partial charge is 0.243 e. The Kier molecular flexibility index (Phi) is 8.66. The van der Waals surface area contributed by atoms with Crippen molar-refractivity contribution in [3.63, 3.8) is 0 Å². The van der Waals surface area contributed by atoms with Gasteiger partial charge in [-0.25, -0.2) is 4.99 Å². The molecule has 1 aliphatic rings. The molecular formula is C23H31N5O3. The van der Waals surface area contributed by atoms with Gasteiger partial charge in [0.15, 0.2) is 5.96 Å². The van der Waals surface area contributed by atoms with E-state index >= 15 is 0 Å². The van der Waals surface area contributed by atoms with Crippen molar-refractivity contribution >= 4 is 17.6 Å². The molecule has 2 aromatic rings. The molecule has 8 heteroatoms. The number of nitrogens with zero attached hydrogens (tertiary/aromatic N) is 2. The number of hydrogen-bond acceptors (Lipinski definition) is 5. The maximum atomic E-state index is 12.2. The SMILES string of the molecule is CCNC(=NCc1ccc(C)cc1OCC1CCOC1)NCC(=O)Nc1cccnc1. The van der Waals surface area contributed by atoms with Gasteiger partial charge in [0, 0.05) is 30.8 Å². The monoisotopic (exact) mass is 425 g/mol. The van der Waals surface area contributed by atoms with Gasteiger partial charge in [-0.15, -0.1) is 0 Å². The lowest BCUT2D eigenvalue weighted by Gasteiger charge is -2.15. The minimum absolute atomic E-state index is 0.0969. The summed E-state index contributed by atoms with van der Waals surface area (Å²) in [6.45, 7) is 7.47. The molecule has 0 saturated carbocycles. The molecule has 3 N–H and O–H groups in total. The quantitative estimate of drug-likeness (QED) is 0.422. The molecule has 3 rings (SSSR count). The number of pyridine rings is 1. The Bertz CT molecular complexity index is 867. The number of amides is 1. The Morgan fingerprint density at radius 1 is 1.32 bits per heavy atom. The fourth-order valence-electron chi connectivity index (χ4n) is 3.16. The molecule has 0 radical (unpaired) electrons. The number of carbonyl (C=O) groups is 1. The molecule has 0 aliphatic carbocycles. The maximum absolute atomic E-state index is 12.2. The summed E-state index contributed by atoms with van der Waals surface area (Å²) in [7, 11) is 0. The predicted octanol–water partition coefficient (Wildman–Crippen LogP) is 2.50. The van der Waals surface area contributed by atoms with Gasteiger partial charge in [0.1, 0.15) is 5.75 Å². The van der Waals surface area contributed by atoms with Crippen LogP contribution in [-0.4, -0.2) is 49.8 Å². The van der Waals surface area contributed by atoms with E-state index in [4.69, 9.17) is 9.47 Å². The van der Waals surface area contributed by atoms with Gasteiger partial charge in [0.05, 0.1) is 38.2 Å². The average Bonchev–Trinajstić information content (AvgIpc) is 3.29. The fourth-order valence-corrected chi connectivity index (χ4v) is 3.16. The first-order chi connectivity index (χ1) is 15.1. The van der Waals surface area contributed by atoms with E-state index in [9.17, 15) is 4.79 Å².